The van der Waals surface area contributed by atoms with Crippen molar-refractivity contribution in [2.75, 3.05) is 13.2 Å². The zero-order valence-electron chi connectivity index (χ0n) is 18.4. The Bertz CT molecular complexity index is 789. The number of benzene rings is 1. The SMILES string of the molecule is CCCCCc1nnc(-c2cc(C)c(OCCNC(=O)OC(C)(C)C)c(C)c2)s1. The average Bonchev–Trinajstić information content (AvgIpc) is 3.08. The van der Waals surface area contributed by atoms with Gasteiger partial charge in [0.05, 0.1) is 6.54 Å². The van der Waals surface area contributed by atoms with Crippen molar-refractivity contribution in [2.45, 2.75) is 72.8 Å². The fraction of sp³-hybridized carbons (Fsp3) is 0.591. The van der Waals surface area contributed by atoms with Crippen molar-refractivity contribution < 1.29 is 14.3 Å². The van der Waals surface area contributed by atoms with Crippen LogP contribution in [0, 0.1) is 13.8 Å². The molecule has 1 heterocycles. The number of amides is 1. The minimum Gasteiger partial charge on any atom is -0.491 e. The summed E-state index contributed by atoms with van der Waals surface area (Å²) in [5, 5.41) is 13.4. The van der Waals surface area contributed by atoms with E-state index in [-0.39, 0.29) is 0 Å². The molecule has 29 heavy (non-hydrogen) atoms. The summed E-state index contributed by atoms with van der Waals surface area (Å²) in [6.07, 6.45) is 4.15. The Labute approximate surface area is 178 Å². The van der Waals surface area contributed by atoms with E-state index in [9.17, 15) is 4.79 Å². The number of rotatable bonds is 9. The molecule has 1 N–H and O–H groups in total. The molecule has 0 saturated carbocycles. The zero-order chi connectivity index (χ0) is 21.4. The Morgan fingerprint density at radius 3 is 2.45 bits per heavy atom. The minimum atomic E-state index is -0.505. The van der Waals surface area contributed by atoms with Crippen LogP contribution in [0.15, 0.2) is 12.1 Å². The first kappa shape index (κ1) is 23.1. The van der Waals surface area contributed by atoms with E-state index in [1.165, 1.54) is 12.8 Å². The van der Waals surface area contributed by atoms with Gasteiger partial charge in [-0.3, -0.25) is 0 Å². The molecule has 0 aliphatic carbocycles. The van der Waals surface area contributed by atoms with Crippen LogP contribution in [0.25, 0.3) is 10.6 Å². The average molecular weight is 420 g/mol. The lowest BCUT2D eigenvalue weighted by molar-refractivity contribution is 0.0520. The van der Waals surface area contributed by atoms with E-state index in [4.69, 9.17) is 9.47 Å². The number of ether oxygens (including phenoxy) is 2. The molecule has 0 radical (unpaired) electrons. The number of aryl methyl sites for hydroxylation is 3. The Balaban J connectivity index is 1.93. The number of hydrogen-bond acceptors (Lipinski definition) is 6. The van der Waals surface area contributed by atoms with Crippen molar-refractivity contribution in [2.24, 2.45) is 0 Å². The molecule has 0 fully saturated rings. The van der Waals surface area contributed by atoms with Gasteiger partial charge in [0.15, 0.2) is 0 Å². The van der Waals surface area contributed by atoms with Gasteiger partial charge in [0, 0.05) is 12.0 Å². The highest BCUT2D eigenvalue weighted by molar-refractivity contribution is 7.14. The van der Waals surface area contributed by atoms with Crippen LogP contribution < -0.4 is 10.1 Å². The van der Waals surface area contributed by atoms with Crippen LogP contribution in [0.5, 0.6) is 5.75 Å². The molecule has 0 atom stereocenters. The number of hydrogen-bond donors (Lipinski definition) is 1. The van der Waals surface area contributed by atoms with E-state index < -0.39 is 11.7 Å². The van der Waals surface area contributed by atoms with Crippen molar-refractivity contribution in [1.82, 2.24) is 15.5 Å². The molecular formula is C22H33N3O3S. The van der Waals surface area contributed by atoms with Gasteiger partial charge in [-0.1, -0.05) is 31.1 Å². The Kier molecular flexibility index (Phi) is 8.44. The lowest BCUT2D eigenvalue weighted by Gasteiger charge is -2.20. The highest BCUT2D eigenvalue weighted by Gasteiger charge is 2.16. The molecule has 1 aromatic carbocycles. The summed E-state index contributed by atoms with van der Waals surface area (Å²) >= 11 is 1.66. The number of alkyl carbamates (subject to hydrolysis) is 1. The predicted molar refractivity (Wildman–Crippen MR) is 118 cm³/mol. The molecule has 0 spiro atoms. The molecular weight excluding hydrogens is 386 g/mol. The van der Waals surface area contributed by atoms with Crippen LogP contribution >= 0.6 is 11.3 Å². The van der Waals surface area contributed by atoms with Gasteiger partial charge >= 0.3 is 6.09 Å². The summed E-state index contributed by atoms with van der Waals surface area (Å²) in [7, 11) is 0. The van der Waals surface area contributed by atoms with Crippen molar-refractivity contribution in [1.29, 1.82) is 0 Å². The first-order chi connectivity index (χ1) is 13.7. The third-order valence-corrected chi connectivity index (χ3v) is 5.22. The van der Waals surface area contributed by atoms with Crippen LogP contribution in [0.2, 0.25) is 0 Å². The van der Waals surface area contributed by atoms with E-state index in [1.54, 1.807) is 11.3 Å². The van der Waals surface area contributed by atoms with Gasteiger partial charge in [0.2, 0.25) is 0 Å². The summed E-state index contributed by atoms with van der Waals surface area (Å²) in [6, 6.07) is 4.17. The number of nitrogens with one attached hydrogen (secondary N) is 1. The van der Waals surface area contributed by atoms with Crippen molar-refractivity contribution in [3.8, 4) is 16.3 Å². The molecule has 0 aliphatic heterocycles. The molecule has 0 saturated heterocycles. The Hall–Kier alpha value is -2.15. The first-order valence-corrected chi connectivity index (χ1v) is 11.0. The van der Waals surface area contributed by atoms with Crippen LogP contribution in [-0.4, -0.2) is 35.0 Å². The fourth-order valence-electron chi connectivity index (χ4n) is 2.92. The second-order valence-corrected chi connectivity index (χ2v) is 9.24. The maximum Gasteiger partial charge on any atom is 0.407 e. The summed E-state index contributed by atoms with van der Waals surface area (Å²) in [5.74, 6) is 0.840. The smallest absolute Gasteiger partial charge is 0.407 e. The molecule has 0 aliphatic rings. The standard InChI is InChI=1S/C22H33N3O3S/c1-7-8-9-10-18-24-25-20(29-18)17-13-15(2)19(16(3)14-17)27-12-11-23-21(26)28-22(4,5)6/h13-14H,7-12H2,1-6H3,(H,23,26). The van der Waals surface area contributed by atoms with Crippen LogP contribution in [0.4, 0.5) is 4.79 Å². The van der Waals surface area contributed by atoms with E-state index in [1.807, 2.05) is 34.6 Å². The van der Waals surface area contributed by atoms with E-state index >= 15 is 0 Å². The normalized spacial score (nSPS) is 11.4. The molecule has 6 nitrogen and oxygen atoms in total. The van der Waals surface area contributed by atoms with Gasteiger partial charge in [-0.15, -0.1) is 10.2 Å². The summed E-state index contributed by atoms with van der Waals surface area (Å²) in [5.41, 5.74) is 2.65. The van der Waals surface area contributed by atoms with Gasteiger partial charge < -0.3 is 14.8 Å². The van der Waals surface area contributed by atoms with Crippen molar-refractivity contribution in [3.05, 3.63) is 28.3 Å². The van der Waals surface area contributed by atoms with Crippen molar-refractivity contribution in [3.63, 3.8) is 0 Å². The number of carbonyl (C=O) groups is 1. The highest BCUT2D eigenvalue weighted by Crippen LogP contribution is 2.32. The minimum absolute atomic E-state index is 0.376. The first-order valence-electron chi connectivity index (χ1n) is 10.2. The molecule has 1 aromatic heterocycles. The monoisotopic (exact) mass is 419 g/mol. The molecule has 7 heteroatoms. The molecule has 2 rings (SSSR count). The Morgan fingerprint density at radius 1 is 1.14 bits per heavy atom. The third kappa shape index (κ3) is 7.65. The number of unbranched alkanes of at least 4 members (excludes halogenated alkanes) is 2. The van der Waals surface area contributed by atoms with Gasteiger partial charge in [0.25, 0.3) is 0 Å². The maximum atomic E-state index is 11.7. The van der Waals surface area contributed by atoms with Gasteiger partial charge in [-0.05, 0) is 64.3 Å². The van der Waals surface area contributed by atoms with Gasteiger partial charge in [-0.2, -0.15) is 0 Å². The summed E-state index contributed by atoms with van der Waals surface area (Å²) in [6.45, 7) is 12.5. The summed E-state index contributed by atoms with van der Waals surface area (Å²) < 4.78 is 11.1. The molecule has 2 aromatic rings. The molecule has 160 valence electrons. The topological polar surface area (TPSA) is 73.3 Å². The van der Waals surface area contributed by atoms with Crippen molar-refractivity contribution >= 4 is 17.4 Å². The van der Waals surface area contributed by atoms with E-state index in [2.05, 4.69) is 34.6 Å². The predicted octanol–water partition coefficient (Wildman–Crippen LogP) is 5.46. The van der Waals surface area contributed by atoms with Crippen LogP contribution in [-0.2, 0) is 11.2 Å². The Morgan fingerprint density at radius 2 is 1.83 bits per heavy atom. The summed E-state index contributed by atoms with van der Waals surface area (Å²) in [4.78, 5) is 11.7. The second-order valence-electron chi connectivity index (χ2n) is 8.17. The van der Waals surface area contributed by atoms with E-state index in [0.717, 1.165) is 45.3 Å². The van der Waals surface area contributed by atoms with Gasteiger partial charge in [-0.25, -0.2) is 4.79 Å². The number of carbonyl (C=O) groups excluding carboxylic acids is 1. The largest absolute Gasteiger partial charge is 0.491 e. The second kappa shape index (κ2) is 10.6. The van der Waals surface area contributed by atoms with Crippen LogP contribution in [0.3, 0.4) is 0 Å². The molecule has 0 unspecified atom stereocenters. The lowest BCUT2D eigenvalue weighted by Crippen LogP contribution is -2.34. The number of aromatic nitrogens is 2. The third-order valence-electron chi connectivity index (χ3n) is 4.19. The quantitative estimate of drug-likeness (QED) is 0.547. The highest BCUT2D eigenvalue weighted by atomic mass is 32.1. The molecule has 0 bridgehead atoms. The van der Waals surface area contributed by atoms with Gasteiger partial charge in [0.1, 0.15) is 28.0 Å². The fourth-order valence-corrected chi connectivity index (χ4v) is 3.79. The zero-order valence-corrected chi connectivity index (χ0v) is 19.2. The number of nitrogens with zero attached hydrogens (tertiary/aromatic N) is 2. The maximum absolute atomic E-state index is 11.7. The lowest BCUT2D eigenvalue weighted by atomic mass is 10.1. The molecule has 1 amide bonds. The van der Waals surface area contributed by atoms with E-state index in [0.29, 0.717) is 13.2 Å². The van der Waals surface area contributed by atoms with Crippen LogP contribution in [0.1, 0.15) is 63.1 Å².